The Labute approximate surface area is 74.6 Å². The molecule has 0 aliphatic carbocycles. The third-order valence-corrected chi connectivity index (χ3v) is 2.09. The number of nitrogens with zero attached hydrogens (tertiary/aromatic N) is 3. The van der Waals surface area contributed by atoms with Crippen molar-refractivity contribution < 1.29 is 15.3 Å². The smallest absolute Gasteiger partial charge is 0.108 e. The number of hydrogen-bond acceptors (Lipinski definition) is 5. The molecule has 1 aliphatic heterocycles. The zero-order valence-corrected chi connectivity index (χ0v) is 6.91. The molecule has 0 aromatic heterocycles. The highest BCUT2D eigenvalue weighted by atomic mass is 16.4. The van der Waals surface area contributed by atoms with Crippen molar-refractivity contribution in [3.05, 3.63) is 10.4 Å². The summed E-state index contributed by atoms with van der Waals surface area (Å²) in [5, 5.41) is 33.8. The van der Waals surface area contributed by atoms with Gasteiger partial charge in [0.1, 0.15) is 6.10 Å². The number of rotatable bonds is 2. The van der Waals surface area contributed by atoms with Gasteiger partial charge in [0.15, 0.2) is 0 Å². The molecule has 0 spiro atoms. The lowest BCUT2D eigenvalue weighted by molar-refractivity contribution is -0.0923. The molecule has 13 heavy (non-hydrogen) atoms. The Morgan fingerprint density at radius 3 is 2.69 bits per heavy atom. The van der Waals surface area contributed by atoms with Crippen LogP contribution < -0.4 is 5.32 Å². The van der Waals surface area contributed by atoms with Crippen molar-refractivity contribution in [1.29, 1.82) is 0 Å². The van der Waals surface area contributed by atoms with E-state index in [1.807, 2.05) is 0 Å². The van der Waals surface area contributed by atoms with Gasteiger partial charge in [0.2, 0.25) is 0 Å². The molecule has 4 atom stereocenters. The average molecular weight is 188 g/mol. The summed E-state index contributed by atoms with van der Waals surface area (Å²) in [5.41, 5.74) is 8.04. The van der Waals surface area contributed by atoms with E-state index >= 15 is 0 Å². The van der Waals surface area contributed by atoms with Crippen molar-refractivity contribution in [2.75, 3.05) is 13.1 Å². The first-order valence-corrected chi connectivity index (χ1v) is 3.95. The highest BCUT2D eigenvalue weighted by molar-refractivity contribution is 4.93. The van der Waals surface area contributed by atoms with Crippen molar-refractivity contribution in [2.45, 2.75) is 24.4 Å². The average Bonchev–Trinajstić information content (AvgIpc) is 2.13. The lowest BCUT2D eigenvalue weighted by Gasteiger charge is -2.35. The van der Waals surface area contributed by atoms with E-state index in [0.717, 1.165) is 0 Å². The molecule has 7 nitrogen and oxygen atoms in total. The van der Waals surface area contributed by atoms with Crippen LogP contribution in [0.2, 0.25) is 0 Å². The zero-order chi connectivity index (χ0) is 9.84. The number of piperidine rings is 1. The Morgan fingerprint density at radius 2 is 2.08 bits per heavy atom. The lowest BCUT2D eigenvalue weighted by atomic mass is 9.96. The first-order chi connectivity index (χ1) is 6.16. The fourth-order valence-corrected chi connectivity index (χ4v) is 1.28. The van der Waals surface area contributed by atoms with E-state index < -0.39 is 24.4 Å². The quantitative estimate of drug-likeness (QED) is 0.235. The molecule has 0 aromatic rings. The standard InChI is InChI=1S/C6H12N4O3/c7-10-9-1-3-5(12)6(13)4(11)2-8-3/h3-6,8,11-13H,1-2H2/t3-,4+,5-,6-/m1/s1. The molecular formula is C6H12N4O3. The monoisotopic (exact) mass is 188 g/mol. The normalized spacial score (nSPS) is 39.6. The Morgan fingerprint density at radius 1 is 1.38 bits per heavy atom. The maximum Gasteiger partial charge on any atom is 0.108 e. The Kier molecular flexibility index (Phi) is 3.47. The van der Waals surface area contributed by atoms with Gasteiger partial charge in [-0.25, -0.2) is 0 Å². The highest BCUT2D eigenvalue weighted by Gasteiger charge is 2.35. The van der Waals surface area contributed by atoms with Gasteiger partial charge in [-0.15, -0.1) is 0 Å². The summed E-state index contributed by atoms with van der Waals surface area (Å²) in [6.45, 7) is 0.241. The van der Waals surface area contributed by atoms with E-state index in [9.17, 15) is 10.2 Å². The van der Waals surface area contributed by atoms with Crippen LogP contribution in [0, 0.1) is 0 Å². The summed E-state index contributed by atoms with van der Waals surface area (Å²) in [4.78, 5) is 2.54. The summed E-state index contributed by atoms with van der Waals surface area (Å²) in [6, 6.07) is -0.491. The predicted octanol–water partition coefficient (Wildman–Crippen LogP) is -1.65. The second-order valence-corrected chi connectivity index (χ2v) is 2.98. The zero-order valence-electron chi connectivity index (χ0n) is 6.91. The fourth-order valence-electron chi connectivity index (χ4n) is 1.28. The van der Waals surface area contributed by atoms with Gasteiger partial charge in [-0.05, 0) is 5.53 Å². The van der Waals surface area contributed by atoms with Crippen LogP contribution in [-0.2, 0) is 0 Å². The molecule has 7 heteroatoms. The van der Waals surface area contributed by atoms with Crippen LogP contribution in [0.1, 0.15) is 0 Å². The van der Waals surface area contributed by atoms with Crippen LogP contribution >= 0.6 is 0 Å². The predicted molar refractivity (Wildman–Crippen MR) is 43.8 cm³/mol. The van der Waals surface area contributed by atoms with Crippen molar-refractivity contribution in [3.8, 4) is 0 Å². The number of β-amino-alcohol motifs (C(OH)–C–C–N with tert-alkyl or cyclic N) is 1. The summed E-state index contributed by atoms with van der Waals surface area (Å²) in [6.07, 6.45) is -3.26. The van der Waals surface area contributed by atoms with Gasteiger partial charge in [-0.2, -0.15) is 0 Å². The van der Waals surface area contributed by atoms with E-state index in [2.05, 4.69) is 15.3 Å². The SMILES string of the molecule is [N-]=[N+]=NC[C@H]1NC[C@H](O)[C@@H](O)[C@@H]1O. The van der Waals surface area contributed by atoms with Gasteiger partial charge < -0.3 is 20.6 Å². The first-order valence-electron chi connectivity index (χ1n) is 3.95. The second-order valence-electron chi connectivity index (χ2n) is 2.98. The summed E-state index contributed by atoms with van der Waals surface area (Å²) < 4.78 is 0. The fraction of sp³-hybridized carbons (Fsp3) is 1.00. The van der Waals surface area contributed by atoms with E-state index in [0.29, 0.717) is 0 Å². The van der Waals surface area contributed by atoms with Crippen molar-refractivity contribution in [2.24, 2.45) is 5.11 Å². The molecule has 1 heterocycles. The Bertz CT molecular complexity index is 218. The van der Waals surface area contributed by atoms with Gasteiger partial charge >= 0.3 is 0 Å². The van der Waals surface area contributed by atoms with E-state index in [1.165, 1.54) is 0 Å². The Balaban J connectivity index is 2.53. The molecule has 0 radical (unpaired) electrons. The number of nitrogens with one attached hydrogen (secondary N) is 1. The van der Waals surface area contributed by atoms with Gasteiger partial charge in [0, 0.05) is 24.0 Å². The minimum Gasteiger partial charge on any atom is -0.389 e. The summed E-state index contributed by atoms with van der Waals surface area (Å²) >= 11 is 0. The van der Waals surface area contributed by atoms with Gasteiger partial charge in [0.05, 0.1) is 12.2 Å². The molecule has 1 rings (SSSR count). The maximum atomic E-state index is 9.38. The molecule has 4 N–H and O–H groups in total. The minimum absolute atomic E-state index is 0.0570. The molecule has 74 valence electrons. The maximum absolute atomic E-state index is 9.38. The molecular weight excluding hydrogens is 176 g/mol. The number of azide groups is 1. The molecule has 0 bridgehead atoms. The van der Waals surface area contributed by atoms with Crippen LogP contribution in [0.5, 0.6) is 0 Å². The molecule has 0 unspecified atom stereocenters. The van der Waals surface area contributed by atoms with Gasteiger partial charge in [-0.3, -0.25) is 0 Å². The van der Waals surface area contributed by atoms with Crippen LogP contribution in [0.25, 0.3) is 10.4 Å². The largest absolute Gasteiger partial charge is 0.389 e. The molecule has 1 fully saturated rings. The van der Waals surface area contributed by atoms with Crippen molar-refractivity contribution >= 4 is 0 Å². The third-order valence-electron chi connectivity index (χ3n) is 2.09. The van der Waals surface area contributed by atoms with Crippen LogP contribution in [0.4, 0.5) is 0 Å². The van der Waals surface area contributed by atoms with Crippen LogP contribution in [0.15, 0.2) is 5.11 Å². The number of aliphatic hydroxyl groups excluding tert-OH is 3. The molecule has 0 amide bonds. The van der Waals surface area contributed by atoms with Crippen molar-refractivity contribution in [1.82, 2.24) is 5.32 Å². The van der Waals surface area contributed by atoms with Gasteiger partial charge in [-0.1, -0.05) is 5.11 Å². The first kappa shape index (κ1) is 10.2. The third kappa shape index (κ3) is 2.30. The highest BCUT2D eigenvalue weighted by Crippen LogP contribution is 2.10. The van der Waals surface area contributed by atoms with Crippen LogP contribution in [0.3, 0.4) is 0 Å². The number of aliphatic hydroxyl groups is 3. The topological polar surface area (TPSA) is 121 Å². The second kappa shape index (κ2) is 4.40. The molecule has 0 aromatic carbocycles. The molecule has 1 saturated heterocycles. The van der Waals surface area contributed by atoms with E-state index in [-0.39, 0.29) is 13.1 Å². The summed E-state index contributed by atoms with van der Waals surface area (Å²) in [7, 11) is 0. The Hall–Kier alpha value is -0.850. The molecule has 1 aliphatic rings. The van der Waals surface area contributed by atoms with Crippen molar-refractivity contribution in [3.63, 3.8) is 0 Å². The minimum atomic E-state index is -1.18. The lowest BCUT2D eigenvalue weighted by Crippen LogP contribution is -2.60. The van der Waals surface area contributed by atoms with E-state index in [4.69, 9.17) is 10.6 Å². The van der Waals surface area contributed by atoms with Gasteiger partial charge in [0.25, 0.3) is 0 Å². The van der Waals surface area contributed by atoms with E-state index in [1.54, 1.807) is 0 Å². The summed E-state index contributed by atoms with van der Waals surface area (Å²) in [5.74, 6) is 0. The van der Waals surface area contributed by atoms with Crippen LogP contribution in [-0.4, -0.2) is 52.8 Å². The molecule has 0 saturated carbocycles. The number of hydrogen-bond donors (Lipinski definition) is 4.